The molecule has 0 atom stereocenters. The standard InChI is InChI=1S/C12H15N3O2/c16-10-5-3-4-9(8-10)15-12(17)11-13-6-1-2-7-14-11/h3-5,8,16H,1-2,6-7H2,(H,13,14)(H,15,17). The van der Waals surface area contributed by atoms with E-state index in [0.29, 0.717) is 18.1 Å². The third kappa shape index (κ3) is 3.21. The molecule has 0 saturated carbocycles. The van der Waals surface area contributed by atoms with Gasteiger partial charge in [-0.3, -0.25) is 9.79 Å². The molecule has 0 unspecified atom stereocenters. The molecule has 90 valence electrons. The number of aliphatic imine (C=N–C) groups is 1. The van der Waals surface area contributed by atoms with Gasteiger partial charge in [-0.25, -0.2) is 0 Å². The molecule has 1 heterocycles. The first kappa shape index (κ1) is 11.4. The molecule has 0 bridgehead atoms. The number of carbonyl (C=O) groups excluding carboxylic acids is 1. The van der Waals surface area contributed by atoms with E-state index >= 15 is 0 Å². The number of rotatable bonds is 2. The molecule has 5 nitrogen and oxygen atoms in total. The number of hydrogen-bond donors (Lipinski definition) is 3. The maximum atomic E-state index is 11.8. The molecule has 1 aliphatic rings. The van der Waals surface area contributed by atoms with Crippen LogP contribution < -0.4 is 10.6 Å². The average molecular weight is 233 g/mol. The van der Waals surface area contributed by atoms with Crippen LogP contribution in [-0.2, 0) is 4.79 Å². The highest BCUT2D eigenvalue weighted by atomic mass is 16.3. The fourth-order valence-electron chi connectivity index (χ4n) is 1.62. The van der Waals surface area contributed by atoms with Gasteiger partial charge < -0.3 is 15.7 Å². The summed E-state index contributed by atoms with van der Waals surface area (Å²) in [6.45, 7) is 1.45. The molecule has 0 aromatic heterocycles. The summed E-state index contributed by atoms with van der Waals surface area (Å²) in [6.07, 6.45) is 2.02. The molecule has 0 radical (unpaired) electrons. The van der Waals surface area contributed by atoms with E-state index in [1.807, 2.05) is 0 Å². The van der Waals surface area contributed by atoms with Crippen molar-refractivity contribution in [3.63, 3.8) is 0 Å². The summed E-state index contributed by atoms with van der Waals surface area (Å²) in [5.41, 5.74) is 0.559. The minimum absolute atomic E-state index is 0.124. The second-order valence-electron chi connectivity index (χ2n) is 3.87. The van der Waals surface area contributed by atoms with E-state index in [1.54, 1.807) is 18.2 Å². The lowest BCUT2D eigenvalue weighted by Gasteiger charge is -2.08. The average Bonchev–Trinajstić information content (AvgIpc) is 2.57. The van der Waals surface area contributed by atoms with Crippen LogP contribution in [0, 0.1) is 0 Å². The van der Waals surface area contributed by atoms with Crippen LogP contribution in [0.4, 0.5) is 5.69 Å². The molecule has 2 rings (SSSR count). The maximum Gasteiger partial charge on any atom is 0.290 e. The van der Waals surface area contributed by atoms with Crippen molar-refractivity contribution < 1.29 is 9.90 Å². The van der Waals surface area contributed by atoms with Crippen LogP contribution in [0.2, 0.25) is 0 Å². The molecule has 0 aliphatic carbocycles. The first-order valence-electron chi connectivity index (χ1n) is 5.64. The van der Waals surface area contributed by atoms with E-state index in [-0.39, 0.29) is 11.7 Å². The topological polar surface area (TPSA) is 73.7 Å². The number of hydrogen-bond acceptors (Lipinski definition) is 4. The Morgan fingerprint density at radius 1 is 1.41 bits per heavy atom. The maximum absolute atomic E-state index is 11.8. The Kier molecular flexibility index (Phi) is 3.59. The van der Waals surface area contributed by atoms with Gasteiger partial charge in [0.15, 0.2) is 5.84 Å². The molecule has 17 heavy (non-hydrogen) atoms. The Balaban J connectivity index is 2.03. The number of carbonyl (C=O) groups is 1. The molecule has 1 aromatic rings. The summed E-state index contributed by atoms with van der Waals surface area (Å²) in [5.74, 6) is 0.224. The lowest BCUT2D eigenvalue weighted by Crippen LogP contribution is -2.35. The monoisotopic (exact) mass is 233 g/mol. The molecule has 0 fully saturated rings. The molecule has 5 heteroatoms. The molecular formula is C12H15N3O2. The number of amides is 1. The quantitative estimate of drug-likeness (QED) is 0.716. The minimum atomic E-state index is -0.266. The second-order valence-corrected chi connectivity index (χ2v) is 3.87. The summed E-state index contributed by atoms with van der Waals surface area (Å²) in [7, 11) is 0. The van der Waals surface area contributed by atoms with Gasteiger partial charge in [-0.15, -0.1) is 0 Å². The van der Waals surface area contributed by atoms with Crippen molar-refractivity contribution in [3.8, 4) is 5.75 Å². The number of phenolic OH excluding ortho intramolecular Hbond substituents is 1. The molecule has 3 N–H and O–H groups in total. The van der Waals surface area contributed by atoms with Crippen molar-refractivity contribution in [3.05, 3.63) is 24.3 Å². The van der Waals surface area contributed by atoms with Gasteiger partial charge in [0.05, 0.1) is 0 Å². The normalized spacial score (nSPS) is 15.4. The first-order valence-corrected chi connectivity index (χ1v) is 5.64. The van der Waals surface area contributed by atoms with Crippen LogP contribution in [0.25, 0.3) is 0 Å². The van der Waals surface area contributed by atoms with Crippen LogP contribution in [-0.4, -0.2) is 29.9 Å². The molecule has 0 saturated heterocycles. The predicted molar refractivity (Wildman–Crippen MR) is 66.3 cm³/mol. The third-order valence-corrected chi connectivity index (χ3v) is 2.47. The van der Waals surface area contributed by atoms with Crippen LogP contribution in [0.3, 0.4) is 0 Å². The van der Waals surface area contributed by atoms with Crippen molar-refractivity contribution in [2.45, 2.75) is 12.8 Å². The summed E-state index contributed by atoms with van der Waals surface area (Å²) in [4.78, 5) is 16.0. The van der Waals surface area contributed by atoms with Gasteiger partial charge >= 0.3 is 0 Å². The lowest BCUT2D eigenvalue weighted by atomic mass is 10.3. The first-order chi connectivity index (χ1) is 8.25. The number of anilines is 1. The number of nitrogens with one attached hydrogen (secondary N) is 2. The predicted octanol–water partition coefficient (Wildman–Crippen LogP) is 1.11. The van der Waals surface area contributed by atoms with Gasteiger partial charge in [0.1, 0.15) is 5.75 Å². The number of aromatic hydroxyl groups is 1. The fraction of sp³-hybridized carbons (Fsp3) is 0.333. The molecule has 1 amide bonds. The summed E-state index contributed by atoms with van der Waals surface area (Å²) in [5, 5.41) is 15.0. The summed E-state index contributed by atoms with van der Waals surface area (Å²) < 4.78 is 0. The summed E-state index contributed by atoms with van der Waals surface area (Å²) >= 11 is 0. The zero-order chi connectivity index (χ0) is 12.1. The third-order valence-electron chi connectivity index (χ3n) is 2.47. The minimum Gasteiger partial charge on any atom is -0.508 e. The van der Waals surface area contributed by atoms with Gasteiger partial charge in [0.25, 0.3) is 5.91 Å². The van der Waals surface area contributed by atoms with Gasteiger partial charge in [0.2, 0.25) is 0 Å². The molecular weight excluding hydrogens is 218 g/mol. The molecule has 1 aromatic carbocycles. The van der Waals surface area contributed by atoms with Gasteiger partial charge in [-0.2, -0.15) is 0 Å². The van der Waals surface area contributed by atoms with E-state index in [4.69, 9.17) is 0 Å². The Labute approximate surface area is 99.6 Å². The fourth-order valence-corrected chi connectivity index (χ4v) is 1.62. The van der Waals surface area contributed by atoms with Crippen LogP contribution in [0.5, 0.6) is 5.75 Å². The van der Waals surface area contributed by atoms with Crippen LogP contribution in [0.15, 0.2) is 29.3 Å². The van der Waals surface area contributed by atoms with E-state index in [2.05, 4.69) is 15.6 Å². The van der Waals surface area contributed by atoms with Crippen molar-refractivity contribution in [2.75, 3.05) is 18.4 Å². The SMILES string of the molecule is O=C(Nc1cccc(O)c1)C1=NCCCCN1. The molecule has 1 aliphatic heterocycles. The highest BCUT2D eigenvalue weighted by Gasteiger charge is 2.12. The van der Waals surface area contributed by atoms with Crippen molar-refractivity contribution in [1.82, 2.24) is 5.32 Å². The Bertz CT molecular complexity index is 443. The van der Waals surface area contributed by atoms with Gasteiger partial charge in [-0.05, 0) is 25.0 Å². The number of phenols is 1. The lowest BCUT2D eigenvalue weighted by molar-refractivity contribution is -0.110. The Hall–Kier alpha value is -2.04. The van der Waals surface area contributed by atoms with E-state index in [1.165, 1.54) is 6.07 Å². The zero-order valence-electron chi connectivity index (χ0n) is 9.44. The number of nitrogens with zero attached hydrogens (tertiary/aromatic N) is 1. The summed E-state index contributed by atoms with van der Waals surface area (Å²) in [6, 6.07) is 6.44. The number of amidine groups is 1. The Morgan fingerprint density at radius 2 is 2.29 bits per heavy atom. The van der Waals surface area contributed by atoms with Gasteiger partial charge in [-0.1, -0.05) is 6.07 Å². The van der Waals surface area contributed by atoms with E-state index in [9.17, 15) is 9.90 Å². The second kappa shape index (κ2) is 5.34. The highest BCUT2D eigenvalue weighted by molar-refractivity contribution is 6.42. The zero-order valence-corrected chi connectivity index (χ0v) is 9.44. The van der Waals surface area contributed by atoms with E-state index in [0.717, 1.165) is 19.4 Å². The van der Waals surface area contributed by atoms with Gasteiger partial charge in [0, 0.05) is 24.8 Å². The molecule has 0 spiro atoms. The van der Waals surface area contributed by atoms with E-state index < -0.39 is 0 Å². The number of benzene rings is 1. The van der Waals surface area contributed by atoms with Crippen molar-refractivity contribution >= 4 is 17.4 Å². The van der Waals surface area contributed by atoms with Crippen LogP contribution in [0.1, 0.15) is 12.8 Å². The van der Waals surface area contributed by atoms with Crippen molar-refractivity contribution in [2.24, 2.45) is 4.99 Å². The largest absolute Gasteiger partial charge is 0.508 e. The van der Waals surface area contributed by atoms with Crippen LogP contribution >= 0.6 is 0 Å². The smallest absolute Gasteiger partial charge is 0.290 e. The van der Waals surface area contributed by atoms with Crippen molar-refractivity contribution in [1.29, 1.82) is 0 Å². The Morgan fingerprint density at radius 3 is 3.12 bits per heavy atom. The highest BCUT2D eigenvalue weighted by Crippen LogP contribution is 2.15.